The van der Waals surface area contributed by atoms with Crippen molar-refractivity contribution in [3.63, 3.8) is 0 Å². The highest BCUT2D eigenvalue weighted by atomic mass is 19.4. The Hall–Kier alpha value is -3.89. The topological polar surface area (TPSA) is 126 Å². The molecule has 14 heteroatoms. The normalized spacial score (nSPS) is 13.3. The first-order valence-electron chi connectivity index (χ1n) is 8.08. The quantitative estimate of drug-likeness (QED) is 0.413. The summed E-state index contributed by atoms with van der Waals surface area (Å²) in [6, 6.07) is 4.07. The van der Waals surface area contributed by atoms with Gasteiger partial charge in [-0.15, -0.1) is 0 Å². The molecule has 0 saturated heterocycles. The first-order valence-corrected chi connectivity index (χ1v) is 8.08. The standard InChI is InChI=1S/C17H12F6N6O2/c1-26-15(25)31-14(17(21,22)23)16(19,20)12-9(18)3-5-11(28-12)29-13(30)10-4-2-8(6-24)7-27-10/h2-5,7,14H,1H3,(H2,25,26)(H,28,29,30)/t14-/m0/s1. The van der Waals surface area contributed by atoms with Gasteiger partial charge >= 0.3 is 12.1 Å². The molecule has 2 aromatic heterocycles. The summed E-state index contributed by atoms with van der Waals surface area (Å²) in [6.45, 7) is 0. The molecule has 8 nitrogen and oxygen atoms in total. The van der Waals surface area contributed by atoms with Gasteiger partial charge in [-0.25, -0.2) is 19.4 Å². The number of anilines is 1. The van der Waals surface area contributed by atoms with Gasteiger partial charge < -0.3 is 15.8 Å². The molecule has 0 unspecified atom stereocenters. The maximum absolute atomic E-state index is 14.6. The second kappa shape index (κ2) is 8.86. The number of halogens is 6. The van der Waals surface area contributed by atoms with Crippen molar-refractivity contribution < 1.29 is 35.9 Å². The Morgan fingerprint density at radius 1 is 1.26 bits per heavy atom. The number of hydrogen-bond acceptors (Lipinski definition) is 6. The lowest BCUT2D eigenvalue weighted by molar-refractivity contribution is -0.270. The third-order valence-electron chi connectivity index (χ3n) is 3.61. The molecule has 2 heterocycles. The maximum Gasteiger partial charge on any atom is 0.432 e. The zero-order chi connectivity index (χ0) is 23.4. The van der Waals surface area contributed by atoms with Gasteiger partial charge in [0.2, 0.25) is 0 Å². The largest absolute Gasteiger partial charge is 0.445 e. The van der Waals surface area contributed by atoms with Gasteiger partial charge in [-0.2, -0.15) is 27.2 Å². The number of alkyl halides is 5. The van der Waals surface area contributed by atoms with Crippen molar-refractivity contribution in [2.45, 2.75) is 18.2 Å². The summed E-state index contributed by atoms with van der Waals surface area (Å²) < 4.78 is 86.6. The number of nitrogens with two attached hydrogens (primary N) is 1. The van der Waals surface area contributed by atoms with Crippen molar-refractivity contribution in [2.24, 2.45) is 10.7 Å². The van der Waals surface area contributed by atoms with Crippen molar-refractivity contribution in [1.82, 2.24) is 9.97 Å². The molecule has 0 bridgehead atoms. The van der Waals surface area contributed by atoms with E-state index in [2.05, 4.69) is 19.7 Å². The Bertz CT molecular complexity index is 1030. The Kier molecular flexibility index (Phi) is 6.68. The smallest absolute Gasteiger partial charge is 0.432 e. The van der Waals surface area contributed by atoms with Gasteiger partial charge in [-0.1, -0.05) is 0 Å². The van der Waals surface area contributed by atoms with Gasteiger partial charge in [-0.05, 0) is 24.3 Å². The Balaban J connectivity index is 2.39. The minimum atomic E-state index is -5.68. The van der Waals surface area contributed by atoms with Crippen LogP contribution >= 0.6 is 0 Å². The Morgan fingerprint density at radius 2 is 1.94 bits per heavy atom. The molecule has 3 N–H and O–H groups in total. The number of ether oxygens (including phenoxy) is 1. The molecule has 0 fully saturated rings. The van der Waals surface area contributed by atoms with Crippen molar-refractivity contribution >= 4 is 17.7 Å². The minimum Gasteiger partial charge on any atom is -0.445 e. The number of carbonyl (C=O) groups is 1. The van der Waals surface area contributed by atoms with Crippen molar-refractivity contribution in [3.8, 4) is 6.07 Å². The summed E-state index contributed by atoms with van der Waals surface area (Å²) in [5, 5.41) is 10.7. The van der Waals surface area contributed by atoms with Gasteiger partial charge in [0.05, 0.1) is 5.56 Å². The number of rotatable bonds is 5. The number of carbonyl (C=O) groups excluding carboxylic acids is 1. The number of amidine groups is 1. The van der Waals surface area contributed by atoms with Crippen LogP contribution < -0.4 is 11.1 Å². The van der Waals surface area contributed by atoms with E-state index in [9.17, 15) is 31.1 Å². The molecule has 1 amide bonds. The van der Waals surface area contributed by atoms with Gasteiger partial charge in [0.25, 0.3) is 18.0 Å². The van der Waals surface area contributed by atoms with E-state index in [0.29, 0.717) is 6.07 Å². The fraction of sp³-hybridized carbons (Fsp3) is 0.235. The average molecular weight is 446 g/mol. The number of pyridine rings is 2. The Labute approximate surface area is 170 Å². The van der Waals surface area contributed by atoms with Gasteiger partial charge in [0, 0.05) is 13.2 Å². The lowest BCUT2D eigenvalue weighted by atomic mass is 10.1. The molecule has 0 spiro atoms. The van der Waals surface area contributed by atoms with E-state index in [4.69, 9.17) is 11.0 Å². The minimum absolute atomic E-state index is 0.131. The van der Waals surface area contributed by atoms with Crippen LogP contribution in [0.2, 0.25) is 0 Å². The van der Waals surface area contributed by atoms with Crippen LogP contribution in [0.15, 0.2) is 35.5 Å². The second-order valence-corrected chi connectivity index (χ2v) is 5.75. The van der Waals surface area contributed by atoms with Crippen LogP contribution in [0.3, 0.4) is 0 Å². The molecule has 164 valence electrons. The summed E-state index contributed by atoms with van der Waals surface area (Å²) in [7, 11) is 0.896. The first-order chi connectivity index (χ1) is 14.4. The van der Waals surface area contributed by atoms with Gasteiger partial charge in [0.15, 0.2) is 11.5 Å². The third-order valence-corrected chi connectivity index (χ3v) is 3.61. The SMILES string of the molecule is CN=C(N)O[C@H](C(F)(F)F)C(F)(F)c1nc(NC(=O)c2ccc(C#N)cn2)ccc1F. The van der Waals surface area contributed by atoms with E-state index in [0.717, 1.165) is 25.4 Å². The van der Waals surface area contributed by atoms with Crippen LogP contribution in [0, 0.1) is 17.1 Å². The summed E-state index contributed by atoms with van der Waals surface area (Å²) in [4.78, 5) is 21.9. The van der Waals surface area contributed by atoms with Crippen LogP contribution in [-0.4, -0.2) is 41.2 Å². The van der Waals surface area contributed by atoms with Crippen molar-refractivity contribution in [3.05, 3.63) is 53.2 Å². The number of amides is 1. The number of nitrogens with zero attached hydrogens (tertiary/aromatic N) is 4. The molecule has 0 aliphatic carbocycles. The number of nitrogens with one attached hydrogen (secondary N) is 1. The average Bonchev–Trinajstić information content (AvgIpc) is 2.72. The van der Waals surface area contributed by atoms with E-state index in [1.165, 1.54) is 6.07 Å². The van der Waals surface area contributed by atoms with E-state index in [1.54, 1.807) is 6.07 Å². The van der Waals surface area contributed by atoms with Crippen LogP contribution in [0.1, 0.15) is 21.7 Å². The fourth-order valence-corrected chi connectivity index (χ4v) is 2.16. The van der Waals surface area contributed by atoms with E-state index < -0.39 is 47.5 Å². The van der Waals surface area contributed by atoms with Gasteiger partial charge in [-0.3, -0.25) is 4.79 Å². The van der Waals surface area contributed by atoms with Crippen LogP contribution in [0.25, 0.3) is 0 Å². The first kappa shape index (κ1) is 23.4. The van der Waals surface area contributed by atoms with E-state index in [-0.39, 0.29) is 11.3 Å². The Morgan fingerprint density at radius 3 is 2.45 bits per heavy atom. The molecule has 0 radical (unpaired) electrons. The molecule has 2 rings (SSSR count). The summed E-state index contributed by atoms with van der Waals surface area (Å²) in [5.41, 5.74) is 2.89. The predicted octanol–water partition coefficient (Wildman–Crippen LogP) is 2.72. The number of hydrogen-bond donors (Lipinski definition) is 2. The highest BCUT2D eigenvalue weighted by Crippen LogP contribution is 2.42. The lowest BCUT2D eigenvalue weighted by Gasteiger charge is -2.28. The van der Waals surface area contributed by atoms with Crippen molar-refractivity contribution in [1.29, 1.82) is 5.26 Å². The van der Waals surface area contributed by atoms with Crippen LogP contribution in [0.5, 0.6) is 0 Å². The molecule has 1 atom stereocenters. The summed E-state index contributed by atoms with van der Waals surface area (Å²) in [5.74, 6) is -8.52. The number of nitriles is 1. The molecule has 0 aromatic carbocycles. The molecule has 2 aromatic rings. The third kappa shape index (κ3) is 5.38. The highest BCUT2D eigenvalue weighted by molar-refractivity contribution is 6.02. The zero-order valence-electron chi connectivity index (χ0n) is 15.4. The van der Waals surface area contributed by atoms with Crippen LogP contribution in [0.4, 0.5) is 32.2 Å². The second-order valence-electron chi connectivity index (χ2n) is 5.75. The van der Waals surface area contributed by atoms with E-state index >= 15 is 0 Å². The molecule has 0 aliphatic heterocycles. The highest BCUT2D eigenvalue weighted by Gasteiger charge is 2.61. The van der Waals surface area contributed by atoms with Gasteiger partial charge in [0.1, 0.15) is 17.6 Å². The molecule has 0 aliphatic rings. The van der Waals surface area contributed by atoms with Crippen molar-refractivity contribution in [2.75, 3.05) is 12.4 Å². The molecule has 31 heavy (non-hydrogen) atoms. The monoisotopic (exact) mass is 446 g/mol. The number of aliphatic imine (C=N–C) groups is 1. The fourth-order valence-electron chi connectivity index (χ4n) is 2.16. The van der Waals surface area contributed by atoms with E-state index in [1.807, 2.05) is 5.32 Å². The predicted molar refractivity (Wildman–Crippen MR) is 93.5 cm³/mol. The molecular formula is C17H12F6N6O2. The number of aromatic nitrogens is 2. The molecule has 0 saturated carbocycles. The summed E-state index contributed by atoms with van der Waals surface area (Å²) >= 11 is 0. The molecular weight excluding hydrogens is 434 g/mol. The lowest BCUT2D eigenvalue weighted by Crippen LogP contribution is -2.48. The zero-order valence-corrected chi connectivity index (χ0v) is 15.4. The summed E-state index contributed by atoms with van der Waals surface area (Å²) in [6.07, 6.45) is -8.53. The maximum atomic E-state index is 14.6. The van der Waals surface area contributed by atoms with Crippen LogP contribution in [-0.2, 0) is 10.7 Å².